The van der Waals surface area contributed by atoms with Crippen molar-refractivity contribution in [2.24, 2.45) is 5.92 Å². The van der Waals surface area contributed by atoms with Crippen LogP contribution in [0.1, 0.15) is 30.7 Å². The first kappa shape index (κ1) is 11.0. The highest BCUT2D eigenvalue weighted by atomic mass is 16.2. The Hall–Kier alpha value is -1.90. The normalized spacial score (nSPS) is 25.3. The third-order valence-electron chi connectivity index (χ3n) is 4.13. The van der Waals surface area contributed by atoms with Crippen molar-refractivity contribution in [1.82, 2.24) is 10.3 Å². The molecule has 1 amide bonds. The Morgan fingerprint density at radius 2 is 2.05 bits per heavy atom. The van der Waals surface area contributed by atoms with Crippen LogP contribution in [-0.2, 0) is 4.79 Å². The van der Waals surface area contributed by atoms with Crippen molar-refractivity contribution < 1.29 is 4.79 Å². The number of para-hydroxylation sites is 1. The largest absolute Gasteiger partial charge is 0.353 e. The molecule has 2 aromatic rings. The summed E-state index contributed by atoms with van der Waals surface area (Å²) in [6, 6.07) is 10.7. The van der Waals surface area contributed by atoms with Crippen LogP contribution in [0.25, 0.3) is 10.9 Å². The average molecular weight is 252 g/mol. The van der Waals surface area contributed by atoms with Crippen LogP contribution in [-0.4, -0.2) is 16.9 Å². The number of hydrogen-bond acceptors (Lipinski definition) is 2. The second-order valence-corrected chi connectivity index (χ2v) is 5.65. The topological polar surface area (TPSA) is 42.0 Å². The molecule has 2 aliphatic rings. The van der Waals surface area contributed by atoms with Crippen molar-refractivity contribution in [3.63, 3.8) is 0 Å². The number of amides is 1. The Morgan fingerprint density at radius 3 is 2.89 bits per heavy atom. The third-order valence-corrected chi connectivity index (χ3v) is 4.13. The Bertz CT molecular complexity index is 643. The number of benzene rings is 1. The molecule has 0 aliphatic heterocycles. The van der Waals surface area contributed by atoms with Crippen LogP contribution in [0.15, 0.2) is 36.5 Å². The number of hydrogen-bond donors (Lipinski definition) is 1. The number of nitrogens with one attached hydrogen (secondary N) is 1. The number of rotatable bonds is 3. The molecule has 2 fully saturated rings. The fourth-order valence-corrected chi connectivity index (χ4v) is 2.81. The van der Waals surface area contributed by atoms with Crippen molar-refractivity contribution in [3.05, 3.63) is 42.1 Å². The van der Waals surface area contributed by atoms with E-state index >= 15 is 0 Å². The van der Waals surface area contributed by atoms with Crippen LogP contribution in [0.5, 0.6) is 0 Å². The predicted octanol–water partition coefficient (Wildman–Crippen LogP) is 2.62. The maximum Gasteiger partial charge on any atom is 0.223 e. The molecule has 3 nitrogen and oxygen atoms in total. The maximum absolute atomic E-state index is 12.0. The fraction of sp³-hybridized carbons (Fsp3) is 0.375. The summed E-state index contributed by atoms with van der Waals surface area (Å²) in [7, 11) is 0. The fourth-order valence-electron chi connectivity index (χ4n) is 2.81. The van der Waals surface area contributed by atoms with Crippen LogP contribution < -0.4 is 5.32 Å². The highest BCUT2D eigenvalue weighted by Gasteiger charge is 2.45. The van der Waals surface area contributed by atoms with E-state index in [9.17, 15) is 4.79 Å². The molecule has 2 aliphatic carbocycles. The zero-order valence-corrected chi connectivity index (χ0v) is 10.7. The molecule has 0 radical (unpaired) electrons. The Morgan fingerprint density at radius 1 is 1.21 bits per heavy atom. The number of carbonyl (C=O) groups is 1. The lowest BCUT2D eigenvalue weighted by Crippen LogP contribution is -2.27. The van der Waals surface area contributed by atoms with Gasteiger partial charge < -0.3 is 5.32 Å². The van der Waals surface area contributed by atoms with Crippen molar-refractivity contribution in [1.29, 1.82) is 0 Å². The average Bonchev–Trinajstić information content (AvgIpc) is 3.32. The minimum absolute atomic E-state index is 0.173. The van der Waals surface area contributed by atoms with Crippen molar-refractivity contribution in [2.75, 3.05) is 0 Å². The highest BCUT2D eigenvalue weighted by Crippen LogP contribution is 2.49. The number of pyridine rings is 1. The lowest BCUT2D eigenvalue weighted by atomic mass is 10.0. The molecule has 3 heteroatoms. The summed E-state index contributed by atoms with van der Waals surface area (Å²) in [5, 5.41) is 4.30. The van der Waals surface area contributed by atoms with Gasteiger partial charge in [0.05, 0.1) is 5.52 Å². The molecule has 2 atom stereocenters. The van der Waals surface area contributed by atoms with E-state index in [1.165, 1.54) is 10.9 Å². The Labute approximate surface area is 112 Å². The molecule has 96 valence electrons. The van der Waals surface area contributed by atoms with Crippen molar-refractivity contribution in [2.45, 2.75) is 31.2 Å². The highest BCUT2D eigenvalue weighted by molar-refractivity contribution is 5.87. The lowest BCUT2D eigenvalue weighted by Gasteiger charge is -2.06. The quantitative estimate of drug-likeness (QED) is 0.912. The molecular weight excluding hydrogens is 236 g/mol. The molecule has 0 saturated heterocycles. The summed E-state index contributed by atoms with van der Waals surface area (Å²) in [5.74, 6) is 0.798. The van der Waals surface area contributed by atoms with Gasteiger partial charge >= 0.3 is 0 Å². The van der Waals surface area contributed by atoms with E-state index in [2.05, 4.69) is 22.4 Å². The van der Waals surface area contributed by atoms with Gasteiger partial charge in [0, 0.05) is 23.5 Å². The third kappa shape index (κ3) is 1.99. The first-order valence-electron chi connectivity index (χ1n) is 6.97. The van der Waals surface area contributed by atoms with Gasteiger partial charge in [0.15, 0.2) is 0 Å². The van der Waals surface area contributed by atoms with Gasteiger partial charge in [-0.25, -0.2) is 0 Å². The van der Waals surface area contributed by atoms with E-state index in [1.807, 2.05) is 24.4 Å². The summed E-state index contributed by atoms with van der Waals surface area (Å²) in [6.07, 6.45) is 5.14. The summed E-state index contributed by atoms with van der Waals surface area (Å²) < 4.78 is 0. The van der Waals surface area contributed by atoms with E-state index in [0.717, 1.165) is 24.8 Å². The SMILES string of the molecule is O=C(NC1CC1)[C@@H]1C[C@H]1c1ccnc2ccccc12. The van der Waals surface area contributed by atoms with Crippen LogP contribution in [0.4, 0.5) is 0 Å². The number of carbonyl (C=O) groups excluding carboxylic acids is 1. The molecule has 1 aromatic carbocycles. The Balaban J connectivity index is 1.60. The maximum atomic E-state index is 12.0. The van der Waals surface area contributed by atoms with E-state index in [1.54, 1.807) is 0 Å². The molecule has 0 unspecified atom stereocenters. The summed E-state index contributed by atoms with van der Waals surface area (Å²) in [6.45, 7) is 0. The van der Waals surface area contributed by atoms with E-state index in [4.69, 9.17) is 0 Å². The molecule has 0 bridgehead atoms. The predicted molar refractivity (Wildman–Crippen MR) is 73.8 cm³/mol. The molecule has 1 N–H and O–H groups in total. The number of nitrogens with zero attached hydrogens (tertiary/aromatic N) is 1. The van der Waals surface area contributed by atoms with Crippen LogP contribution in [0.3, 0.4) is 0 Å². The van der Waals surface area contributed by atoms with E-state index in [-0.39, 0.29) is 11.8 Å². The van der Waals surface area contributed by atoms with Gasteiger partial charge in [0.2, 0.25) is 5.91 Å². The van der Waals surface area contributed by atoms with Gasteiger partial charge in [-0.15, -0.1) is 0 Å². The minimum atomic E-state index is 0.173. The number of fused-ring (bicyclic) bond motifs is 1. The van der Waals surface area contributed by atoms with Crippen LogP contribution in [0.2, 0.25) is 0 Å². The summed E-state index contributed by atoms with van der Waals surface area (Å²) in [5.41, 5.74) is 2.30. The molecular formula is C16H16N2O. The summed E-state index contributed by atoms with van der Waals surface area (Å²) in [4.78, 5) is 16.4. The molecule has 1 heterocycles. The van der Waals surface area contributed by atoms with Gasteiger partial charge in [-0.2, -0.15) is 0 Å². The van der Waals surface area contributed by atoms with E-state index in [0.29, 0.717) is 12.0 Å². The zero-order valence-electron chi connectivity index (χ0n) is 10.7. The van der Waals surface area contributed by atoms with E-state index < -0.39 is 0 Å². The smallest absolute Gasteiger partial charge is 0.223 e. The lowest BCUT2D eigenvalue weighted by molar-refractivity contribution is -0.122. The Kier molecular flexibility index (Phi) is 2.34. The standard InChI is InChI=1S/C16H16N2O/c19-16(18-10-5-6-10)14-9-13(14)11-7-8-17-15-4-2-1-3-12(11)15/h1-4,7-8,10,13-14H,5-6,9H2,(H,18,19)/t13-,14+/m0/s1. The van der Waals surface area contributed by atoms with Crippen molar-refractivity contribution >= 4 is 16.8 Å². The van der Waals surface area contributed by atoms with Crippen molar-refractivity contribution in [3.8, 4) is 0 Å². The monoisotopic (exact) mass is 252 g/mol. The second-order valence-electron chi connectivity index (χ2n) is 5.65. The second kappa shape index (κ2) is 4.05. The van der Waals surface area contributed by atoms with Gasteiger partial charge in [-0.3, -0.25) is 9.78 Å². The molecule has 0 spiro atoms. The molecule has 1 aromatic heterocycles. The van der Waals surface area contributed by atoms with Crippen LogP contribution in [0, 0.1) is 5.92 Å². The summed E-state index contributed by atoms with van der Waals surface area (Å²) >= 11 is 0. The van der Waals surface area contributed by atoms with Gasteiger partial charge in [-0.1, -0.05) is 18.2 Å². The minimum Gasteiger partial charge on any atom is -0.353 e. The molecule has 2 saturated carbocycles. The van der Waals surface area contributed by atoms with Gasteiger partial charge in [-0.05, 0) is 42.9 Å². The molecule has 4 rings (SSSR count). The van der Waals surface area contributed by atoms with Gasteiger partial charge in [0.1, 0.15) is 0 Å². The zero-order chi connectivity index (χ0) is 12.8. The van der Waals surface area contributed by atoms with Crippen LogP contribution >= 0.6 is 0 Å². The first-order chi connectivity index (χ1) is 9.33. The first-order valence-corrected chi connectivity index (χ1v) is 6.97. The number of aromatic nitrogens is 1. The molecule has 19 heavy (non-hydrogen) atoms. The van der Waals surface area contributed by atoms with Gasteiger partial charge in [0.25, 0.3) is 0 Å².